The van der Waals surface area contributed by atoms with E-state index in [2.05, 4.69) is 64.0 Å². The molecular formula is C28H39NO3. The lowest BCUT2D eigenvalue weighted by atomic mass is 9.85. The van der Waals surface area contributed by atoms with Crippen molar-refractivity contribution in [1.29, 1.82) is 0 Å². The highest BCUT2D eigenvalue weighted by Crippen LogP contribution is 2.29. The van der Waals surface area contributed by atoms with E-state index in [1.807, 2.05) is 31.2 Å². The highest BCUT2D eigenvalue weighted by Gasteiger charge is 2.21. The molecule has 0 N–H and O–H groups in total. The third-order valence-corrected chi connectivity index (χ3v) is 5.24. The fourth-order valence-electron chi connectivity index (χ4n) is 3.61. The Kier molecular flexibility index (Phi) is 9.83. The van der Waals surface area contributed by atoms with E-state index in [0.29, 0.717) is 13.2 Å². The average molecular weight is 438 g/mol. The Labute approximate surface area is 194 Å². The summed E-state index contributed by atoms with van der Waals surface area (Å²) in [6.45, 7) is 13.9. The van der Waals surface area contributed by atoms with Crippen LogP contribution in [0.2, 0.25) is 0 Å². The molecule has 4 nitrogen and oxygen atoms in total. The molecular weight excluding hydrogens is 398 g/mol. The van der Waals surface area contributed by atoms with E-state index in [1.54, 1.807) is 7.11 Å². The molecule has 0 aliphatic carbocycles. The number of allylic oxidation sites excluding steroid dienone is 1. The van der Waals surface area contributed by atoms with Gasteiger partial charge in [0.05, 0.1) is 12.3 Å². The van der Waals surface area contributed by atoms with Crippen LogP contribution in [0.25, 0.3) is 0 Å². The van der Waals surface area contributed by atoms with Gasteiger partial charge in [-0.2, -0.15) is 0 Å². The van der Waals surface area contributed by atoms with Crippen LogP contribution in [0.4, 0.5) is 0 Å². The van der Waals surface area contributed by atoms with Crippen LogP contribution in [-0.2, 0) is 11.3 Å². The Morgan fingerprint density at radius 2 is 1.62 bits per heavy atom. The van der Waals surface area contributed by atoms with Crippen molar-refractivity contribution in [2.45, 2.75) is 60.8 Å². The topological polar surface area (TPSA) is 40.0 Å². The minimum atomic E-state index is -0.0675. The summed E-state index contributed by atoms with van der Waals surface area (Å²) < 4.78 is 11.9. The molecule has 0 aromatic heterocycles. The molecule has 0 atom stereocenters. The number of rotatable bonds is 11. The van der Waals surface area contributed by atoms with Gasteiger partial charge in [0.1, 0.15) is 25.2 Å². The summed E-state index contributed by atoms with van der Waals surface area (Å²) >= 11 is 0. The van der Waals surface area contributed by atoms with Crippen LogP contribution in [-0.4, -0.2) is 26.0 Å². The molecule has 0 aliphatic heterocycles. The molecule has 0 aliphatic rings. The van der Waals surface area contributed by atoms with Gasteiger partial charge in [-0.15, -0.1) is 0 Å². The Morgan fingerprint density at radius 1 is 0.969 bits per heavy atom. The highest BCUT2D eigenvalue weighted by molar-refractivity contribution is 6.03. The van der Waals surface area contributed by atoms with Crippen molar-refractivity contribution in [3.8, 4) is 11.5 Å². The SMILES string of the molecule is C/C=C/COc1cc(C)c(OCCCCc2ccc(/C(=N/OC)C(C)(C)C)cc2)c(C)c1. The molecule has 2 aromatic rings. The second kappa shape index (κ2) is 12.3. The van der Waals surface area contributed by atoms with Crippen molar-refractivity contribution in [2.75, 3.05) is 20.3 Å². The van der Waals surface area contributed by atoms with Crippen LogP contribution >= 0.6 is 0 Å². The molecule has 0 spiro atoms. The van der Waals surface area contributed by atoms with Gasteiger partial charge in [-0.05, 0) is 74.4 Å². The normalized spacial score (nSPS) is 12.3. The summed E-state index contributed by atoms with van der Waals surface area (Å²) in [6, 6.07) is 12.8. The highest BCUT2D eigenvalue weighted by atomic mass is 16.6. The second-order valence-electron chi connectivity index (χ2n) is 9.14. The molecule has 4 heteroatoms. The number of unbranched alkanes of at least 4 members (excludes halogenated alkanes) is 1. The van der Waals surface area contributed by atoms with E-state index in [-0.39, 0.29) is 5.41 Å². The summed E-state index contributed by atoms with van der Waals surface area (Å²) in [6.07, 6.45) is 7.12. The largest absolute Gasteiger partial charge is 0.493 e. The molecule has 2 rings (SSSR count). The van der Waals surface area contributed by atoms with Gasteiger partial charge >= 0.3 is 0 Å². The smallest absolute Gasteiger partial charge is 0.125 e. The van der Waals surface area contributed by atoms with Gasteiger partial charge in [-0.25, -0.2) is 0 Å². The number of hydrogen-bond donors (Lipinski definition) is 0. The predicted octanol–water partition coefficient (Wildman–Crippen LogP) is 7.06. The summed E-state index contributed by atoms with van der Waals surface area (Å²) in [5.41, 5.74) is 5.56. The zero-order valence-electron chi connectivity index (χ0n) is 20.8. The fourth-order valence-corrected chi connectivity index (χ4v) is 3.61. The lowest BCUT2D eigenvalue weighted by molar-refractivity contribution is 0.209. The molecule has 0 fully saturated rings. The van der Waals surface area contributed by atoms with Crippen LogP contribution in [0.5, 0.6) is 11.5 Å². The molecule has 0 saturated heterocycles. The van der Waals surface area contributed by atoms with Crippen LogP contribution in [0.1, 0.15) is 62.8 Å². The van der Waals surface area contributed by atoms with Gasteiger partial charge in [0.25, 0.3) is 0 Å². The second-order valence-corrected chi connectivity index (χ2v) is 9.14. The maximum absolute atomic E-state index is 6.10. The Balaban J connectivity index is 1.83. The van der Waals surface area contributed by atoms with Crippen LogP contribution in [0.3, 0.4) is 0 Å². The summed E-state index contributed by atoms with van der Waals surface area (Å²) in [7, 11) is 1.60. The fraction of sp³-hybridized carbons (Fsp3) is 0.464. The number of aryl methyl sites for hydroxylation is 3. The zero-order valence-corrected chi connectivity index (χ0v) is 20.8. The van der Waals surface area contributed by atoms with Crippen LogP contribution in [0, 0.1) is 19.3 Å². The molecule has 0 bridgehead atoms. The first kappa shape index (κ1) is 25.5. The van der Waals surface area contributed by atoms with Crippen LogP contribution < -0.4 is 9.47 Å². The predicted molar refractivity (Wildman–Crippen MR) is 134 cm³/mol. The number of ether oxygens (including phenoxy) is 2. The van der Waals surface area contributed by atoms with E-state index < -0.39 is 0 Å². The van der Waals surface area contributed by atoms with Crippen molar-refractivity contribution >= 4 is 5.71 Å². The molecule has 0 radical (unpaired) electrons. The third-order valence-electron chi connectivity index (χ3n) is 5.24. The van der Waals surface area contributed by atoms with Crippen LogP contribution in [0.15, 0.2) is 53.7 Å². The molecule has 0 heterocycles. The van der Waals surface area contributed by atoms with Gasteiger partial charge in [-0.3, -0.25) is 0 Å². The Morgan fingerprint density at radius 3 is 2.19 bits per heavy atom. The number of benzene rings is 2. The first-order valence-electron chi connectivity index (χ1n) is 11.4. The third kappa shape index (κ3) is 7.74. The van der Waals surface area contributed by atoms with Crippen molar-refractivity contribution < 1.29 is 14.3 Å². The van der Waals surface area contributed by atoms with E-state index in [0.717, 1.165) is 53.2 Å². The Bertz CT molecular complexity index is 882. The number of nitrogens with zero attached hydrogens (tertiary/aromatic N) is 1. The lowest BCUT2D eigenvalue weighted by Crippen LogP contribution is -2.21. The molecule has 0 unspecified atom stereocenters. The van der Waals surface area contributed by atoms with Gasteiger partial charge < -0.3 is 14.3 Å². The van der Waals surface area contributed by atoms with E-state index >= 15 is 0 Å². The maximum Gasteiger partial charge on any atom is 0.125 e. The average Bonchev–Trinajstić information content (AvgIpc) is 2.73. The first-order valence-corrected chi connectivity index (χ1v) is 11.4. The maximum atomic E-state index is 6.10. The standard InChI is InChI=1S/C28H39NO3/c1-8-9-17-31-25-19-21(2)26(22(3)20-25)32-18-11-10-12-23-13-15-24(16-14-23)27(29-30-7)28(4,5)6/h8-9,13-16,19-20H,10-12,17-18H2,1-7H3/b9-8+,29-27-. The number of oxime groups is 1. The van der Waals surface area contributed by atoms with E-state index in [4.69, 9.17) is 14.3 Å². The molecule has 0 saturated carbocycles. The van der Waals surface area contributed by atoms with Gasteiger partial charge in [0, 0.05) is 5.41 Å². The monoisotopic (exact) mass is 437 g/mol. The summed E-state index contributed by atoms with van der Waals surface area (Å²) in [5, 5.41) is 4.24. The zero-order chi connectivity index (χ0) is 23.6. The van der Waals surface area contributed by atoms with E-state index in [1.165, 1.54) is 5.56 Å². The van der Waals surface area contributed by atoms with Crippen molar-refractivity contribution in [2.24, 2.45) is 10.6 Å². The van der Waals surface area contributed by atoms with Crippen molar-refractivity contribution in [3.05, 3.63) is 70.8 Å². The van der Waals surface area contributed by atoms with E-state index in [9.17, 15) is 0 Å². The molecule has 174 valence electrons. The van der Waals surface area contributed by atoms with Crippen molar-refractivity contribution in [1.82, 2.24) is 0 Å². The summed E-state index contributed by atoms with van der Waals surface area (Å²) in [5.74, 6) is 1.86. The first-order chi connectivity index (χ1) is 15.3. The minimum Gasteiger partial charge on any atom is -0.493 e. The minimum absolute atomic E-state index is 0.0675. The van der Waals surface area contributed by atoms with Crippen molar-refractivity contribution in [3.63, 3.8) is 0 Å². The number of hydrogen-bond acceptors (Lipinski definition) is 4. The molecule has 2 aromatic carbocycles. The van der Waals surface area contributed by atoms with Gasteiger partial charge in [0.2, 0.25) is 0 Å². The Hall–Kier alpha value is -2.75. The van der Waals surface area contributed by atoms with Gasteiger partial charge in [0.15, 0.2) is 0 Å². The van der Waals surface area contributed by atoms with Gasteiger partial charge in [-0.1, -0.05) is 62.3 Å². The summed E-state index contributed by atoms with van der Waals surface area (Å²) in [4.78, 5) is 5.05. The quantitative estimate of drug-likeness (QED) is 0.164. The molecule has 32 heavy (non-hydrogen) atoms. The molecule has 0 amide bonds. The lowest BCUT2D eigenvalue weighted by Gasteiger charge is -2.21.